The van der Waals surface area contributed by atoms with Gasteiger partial charge < -0.3 is 9.88 Å². The number of hydrogen-bond acceptors (Lipinski definition) is 5. The van der Waals surface area contributed by atoms with Crippen LogP contribution in [0.4, 0.5) is 5.82 Å². The molecule has 0 unspecified atom stereocenters. The molecule has 0 saturated carbocycles. The van der Waals surface area contributed by atoms with E-state index in [0.717, 1.165) is 16.9 Å². The van der Waals surface area contributed by atoms with E-state index in [9.17, 15) is 13.2 Å². The first-order valence-corrected chi connectivity index (χ1v) is 11.4. The number of rotatable bonds is 8. The number of anilines is 1. The Morgan fingerprint density at radius 1 is 1.17 bits per heavy atom. The summed E-state index contributed by atoms with van der Waals surface area (Å²) in [4.78, 5) is 21.2. The minimum atomic E-state index is -3.55. The summed E-state index contributed by atoms with van der Waals surface area (Å²) in [7, 11) is -1.68. The van der Waals surface area contributed by atoms with E-state index in [4.69, 9.17) is 0 Å². The highest BCUT2D eigenvalue weighted by atomic mass is 32.2. The van der Waals surface area contributed by atoms with E-state index in [1.165, 1.54) is 4.31 Å². The van der Waals surface area contributed by atoms with E-state index < -0.39 is 10.0 Å². The lowest BCUT2D eigenvalue weighted by atomic mass is 10.2. The van der Waals surface area contributed by atoms with Crippen molar-refractivity contribution in [1.29, 1.82) is 0 Å². The molecule has 1 amide bonds. The van der Waals surface area contributed by atoms with Crippen molar-refractivity contribution in [3.8, 4) is 0 Å². The second-order valence-electron chi connectivity index (χ2n) is 7.10. The van der Waals surface area contributed by atoms with Gasteiger partial charge in [0.25, 0.3) is 0 Å². The Labute approximate surface area is 177 Å². The molecule has 2 heterocycles. The van der Waals surface area contributed by atoms with Crippen LogP contribution in [0.2, 0.25) is 0 Å². The van der Waals surface area contributed by atoms with Crippen molar-refractivity contribution >= 4 is 32.8 Å². The van der Waals surface area contributed by atoms with E-state index in [1.807, 2.05) is 38.5 Å². The molecule has 0 aliphatic rings. The van der Waals surface area contributed by atoms with Crippen LogP contribution in [-0.4, -0.2) is 46.3 Å². The second kappa shape index (κ2) is 8.93. The number of aryl methyl sites for hydroxylation is 3. The third-order valence-corrected chi connectivity index (χ3v) is 7.09. The predicted molar refractivity (Wildman–Crippen MR) is 117 cm³/mol. The first kappa shape index (κ1) is 21.9. The first-order chi connectivity index (χ1) is 14.3. The summed E-state index contributed by atoms with van der Waals surface area (Å²) in [5.74, 6) is 1.08. The molecule has 3 aromatic rings. The number of imidazole rings is 1. The Morgan fingerprint density at radius 3 is 2.53 bits per heavy atom. The maximum atomic E-state index is 12.8. The number of amides is 1. The number of pyridine rings is 1. The molecule has 0 saturated heterocycles. The molecule has 9 heteroatoms. The summed E-state index contributed by atoms with van der Waals surface area (Å²) >= 11 is 0. The average Bonchev–Trinajstić information content (AvgIpc) is 3.04. The van der Waals surface area contributed by atoms with Gasteiger partial charge >= 0.3 is 0 Å². The van der Waals surface area contributed by atoms with Crippen molar-refractivity contribution in [2.75, 3.05) is 18.4 Å². The molecule has 2 aromatic heterocycles. The van der Waals surface area contributed by atoms with E-state index in [1.54, 1.807) is 30.5 Å². The lowest BCUT2D eigenvalue weighted by molar-refractivity contribution is -0.116. The van der Waals surface area contributed by atoms with Gasteiger partial charge in [0.1, 0.15) is 11.6 Å². The summed E-state index contributed by atoms with van der Waals surface area (Å²) < 4.78 is 28.9. The standard InChI is InChI=1S/C21H27N5O3S/c1-5-26(6-2)30(28,29)16-8-9-18-17(13-16)23-20(25(18)4)11-12-21(27)24-19-10-7-15(3)14-22-19/h7-10,13-14H,5-6,11-12H2,1-4H3,(H,22,24,27). The highest BCUT2D eigenvalue weighted by molar-refractivity contribution is 7.89. The molecular weight excluding hydrogens is 402 g/mol. The van der Waals surface area contributed by atoms with Crippen molar-refractivity contribution < 1.29 is 13.2 Å². The van der Waals surface area contributed by atoms with E-state index in [-0.39, 0.29) is 17.2 Å². The highest BCUT2D eigenvalue weighted by Crippen LogP contribution is 2.23. The van der Waals surface area contributed by atoms with Gasteiger partial charge in [-0.25, -0.2) is 18.4 Å². The molecule has 0 bridgehead atoms. The number of nitrogens with one attached hydrogen (secondary N) is 1. The van der Waals surface area contributed by atoms with Crippen LogP contribution in [0.1, 0.15) is 31.7 Å². The molecule has 1 aromatic carbocycles. The number of benzene rings is 1. The maximum absolute atomic E-state index is 12.8. The molecule has 30 heavy (non-hydrogen) atoms. The molecule has 1 N–H and O–H groups in total. The lowest BCUT2D eigenvalue weighted by Crippen LogP contribution is -2.30. The van der Waals surface area contributed by atoms with Crippen LogP contribution in [0.5, 0.6) is 0 Å². The number of hydrogen-bond donors (Lipinski definition) is 1. The molecule has 0 spiro atoms. The third-order valence-electron chi connectivity index (χ3n) is 5.04. The van der Waals surface area contributed by atoms with Gasteiger partial charge in [-0.05, 0) is 36.8 Å². The fraction of sp³-hybridized carbons (Fsp3) is 0.381. The molecular formula is C21H27N5O3S. The average molecular weight is 430 g/mol. The van der Waals surface area contributed by atoms with Crippen molar-refractivity contribution in [3.05, 3.63) is 47.9 Å². The van der Waals surface area contributed by atoms with Crippen molar-refractivity contribution in [2.45, 2.75) is 38.5 Å². The second-order valence-corrected chi connectivity index (χ2v) is 9.03. The normalized spacial score (nSPS) is 11.9. The number of carbonyl (C=O) groups excluding carboxylic acids is 1. The van der Waals surface area contributed by atoms with Crippen molar-refractivity contribution in [3.63, 3.8) is 0 Å². The van der Waals surface area contributed by atoms with Crippen LogP contribution < -0.4 is 5.32 Å². The van der Waals surface area contributed by atoms with Crippen LogP contribution in [0.15, 0.2) is 41.4 Å². The number of fused-ring (bicyclic) bond motifs is 1. The lowest BCUT2D eigenvalue weighted by Gasteiger charge is -2.18. The fourth-order valence-corrected chi connectivity index (χ4v) is 4.78. The summed E-state index contributed by atoms with van der Waals surface area (Å²) in [5.41, 5.74) is 2.44. The van der Waals surface area contributed by atoms with Gasteiger partial charge in [0, 0.05) is 39.2 Å². The highest BCUT2D eigenvalue weighted by Gasteiger charge is 2.22. The van der Waals surface area contributed by atoms with Crippen molar-refractivity contribution in [2.24, 2.45) is 7.05 Å². The quantitative estimate of drug-likeness (QED) is 0.594. The Kier molecular flexibility index (Phi) is 6.52. The van der Waals surface area contributed by atoms with Crippen LogP contribution in [0.3, 0.4) is 0 Å². The SMILES string of the molecule is CCN(CC)S(=O)(=O)c1ccc2c(c1)nc(CCC(=O)Nc1ccc(C)cn1)n2C. The molecule has 160 valence electrons. The van der Waals surface area contributed by atoms with E-state index in [0.29, 0.717) is 30.8 Å². The molecule has 3 rings (SSSR count). The Bertz CT molecular complexity index is 1150. The van der Waals surface area contributed by atoms with Gasteiger partial charge in [0.2, 0.25) is 15.9 Å². The minimum Gasteiger partial charge on any atom is -0.331 e. The summed E-state index contributed by atoms with van der Waals surface area (Å²) in [6, 6.07) is 8.62. The summed E-state index contributed by atoms with van der Waals surface area (Å²) in [5, 5.41) is 2.78. The number of sulfonamides is 1. The van der Waals surface area contributed by atoms with E-state index in [2.05, 4.69) is 15.3 Å². The van der Waals surface area contributed by atoms with Crippen LogP contribution in [0.25, 0.3) is 11.0 Å². The monoisotopic (exact) mass is 429 g/mol. The molecule has 8 nitrogen and oxygen atoms in total. The van der Waals surface area contributed by atoms with Crippen LogP contribution in [0, 0.1) is 6.92 Å². The Hall–Kier alpha value is -2.78. The molecule has 0 aliphatic heterocycles. The van der Waals surface area contributed by atoms with Gasteiger partial charge in [-0.2, -0.15) is 4.31 Å². The van der Waals surface area contributed by atoms with Gasteiger partial charge in [-0.15, -0.1) is 0 Å². The molecule has 0 atom stereocenters. The zero-order valence-corrected chi connectivity index (χ0v) is 18.5. The molecule has 0 radical (unpaired) electrons. The Morgan fingerprint density at radius 2 is 1.90 bits per heavy atom. The van der Waals surface area contributed by atoms with Gasteiger partial charge in [0.15, 0.2) is 0 Å². The molecule has 0 aliphatic carbocycles. The van der Waals surface area contributed by atoms with Crippen LogP contribution >= 0.6 is 0 Å². The number of nitrogens with zero attached hydrogens (tertiary/aromatic N) is 4. The Balaban J connectivity index is 1.76. The predicted octanol–water partition coefficient (Wildman–Crippen LogP) is 2.88. The molecule has 0 fully saturated rings. The smallest absolute Gasteiger partial charge is 0.243 e. The number of aromatic nitrogens is 3. The number of carbonyl (C=O) groups is 1. The van der Waals surface area contributed by atoms with E-state index >= 15 is 0 Å². The summed E-state index contributed by atoms with van der Waals surface area (Å²) in [6.07, 6.45) is 2.38. The van der Waals surface area contributed by atoms with Gasteiger partial charge in [-0.1, -0.05) is 19.9 Å². The largest absolute Gasteiger partial charge is 0.331 e. The van der Waals surface area contributed by atoms with Crippen LogP contribution in [-0.2, 0) is 28.3 Å². The maximum Gasteiger partial charge on any atom is 0.243 e. The topological polar surface area (TPSA) is 97.2 Å². The first-order valence-electron chi connectivity index (χ1n) is 9.94. The zero-order chi connectivity index (χ0) is 21.9. The van der Waals surface area contributed by atoms with Gasteiger partial charge in [-0.3, -0.25) is 4.79 Å². The third kappa shape index (κ3) is 4.52. The zero-order valence-electron chi connectivity index (χ0n) is 17.7. The van der Waals surface area contributed by atoms with Gasteiger partial charge in [0.05, 0.1) is 15.9 Å². The summed E-state index contributed by atoms with van der Waals surface area (Å²) in [6.45, 7) is 6.39. The fourth-order valence-electron chi connectivity index (χ4n) is 3.30. The van der Waals surface area contributed by atoms with Crippen molar-refractivity contribution in [1.82, 2.24) is 18.8 Å². The minimum absolute atomic E-state index is 0.150.